The van der Waals surface area contributed by atoms with E-state index < -0.39 is 12.5 Å². The lowest BCUT2D eigenvalue weighted by atomic mass is 9.89. The highest BCUT2D eigenvalue weighted by molar-refractivity contribution is 6.29. The van der Waals surface area contributed by atoms with Gasteiger partial charge >= 0.3 is 6.09 Å². The van der Waals surface area contributed by atoms with Crippen LogP contribution in [0.4, 0.5) is 19.3 Å². The van der Waals surface area contributed by atoms with Crippen molar-refractivity contribution in [3.8, 4) is 0 Å². The molecule has 1 aromatic carbocycles. The highest BCUT2D eigenvalue weighted by atomic mass is 35.5. The summed E-state index contributed by atoms with van der Waals surface area (Å²) in [5.74, 6) is 0. The molecule has 34 heavy (non-hydrogen) atoms. The summed E-state index contributed by atoms with van der Waals surface area (Å²) in [4.78, 5) is 22.4. The number of aromatic nitrogens is 1. The smallest absolute Gasteiger partial charge is 0.410 e. The SMILES string of the molecule is O=C(OCc1ccccc1)N1CCN([C@@H]2CN3c4cc(Cl)nc(C(F)F)c4CC(O)C[C@@H]23)CC1. The summed E-state index contributed by atoms with van der Waals surface area (Å²) in [6, 6.07) is 11.4. The molecular formula is C24H27ClF2N4O3. The van der Waals surface area contributed by atoms with E-state index in [2.05, 4.69) is 14.8 Å². The van der Waals surface area contributed by atoms with Gasteiger partial charge in [-0.2, -0.15) is 0 Å². The van der Waals surface area contributed by atoms with E-state index in [9.17, 15) is 18.7 Å². The molecule has 1 amide bonds. The number of nitrogens with zero attached hydrogens (tertiary/aromatic N) is 4. The average molecular weight is 493 g/mol. The van der Waals surface area contributed by atoms with Crippen LogP contribution >= 0.6 is 11.6 Å². The monoisotopic (exact) mass is 492 g/mol. The first-order chi connectivity index (χ1) is 16.4. The van der Waals surface area contributed by atoms with Crippen molar-refractivity contribution >= 4 is 23.4 Å². The topological polar surface area (TPSA) is 69.1 Å². The van der Waals surface area contributed by atoms with Gasteiger partial charge in [-0.15, -0.1) is 0 Å². The Bertz CT molecular complexity index is 1040. The summed E-state index contributed by atoms with van der Waals surface area (Å²) in [5.41, 5.74) is 1.64. The van der Waals surface area contributed by atoms with Gasteiger partial charge in [0.25, 0.3) is 6.43 Å². The number of alkyl halides is 2. The van der Waals surface area contributed by atoms with Gasteiger partial charge in [0.2, 0.25) is 0 Å². The third-order valence-corrected chi connectivity index (χ3v) is 7.24. The molecule has 1 N–H and O–H groups in total. The first-order valence-electron chi connectivity index (χ1n) is 11.5. The minimum Gasteiger partial charge on any atom is -0.445 e. The lowest BCUT2D eigenvalue weighted by Crippen LogP contribution is -2.69. The summed E-state index contributed by atoms with van der Waals surface area (Å²) in [6.45, 7) is 3.40. The number of anilines is 1. The van der Waals surface area contributed by atoms with Crippen LogP contribution in [-0.2, 0) is 17.8 Å². The third kappa shape index (κ3) is 4.56. The zero-order valence-electron chi connectivity index (χ0n) is 18.6. The number of aliphatic hydroxyl groups excluding tert-OH is 1. The van der Waals surface area contributed by atoms with Crippen molar-refractivity contribution in [1.82, 2.24) is 14.8 Å². The maximum Gasteiger partial charge on any atom is 0.410 e. The minimum atomic E-state index is -2.75. The van der Waals surface area contributed by atoms with Gasteiger partial charge in [-0.05, 0) is 18.1 Å². The number of ether oxygens (including phenoxy) is 1. The fourth-order valence-electron chi connectivity index (χ4n) is 5.28. The van der Waals surface area contributed by atoms with Crippen molar-refractivity contribution in [1.29, 1.82) is 0 Å². The number of piperazine rings is 1. The standard InChI is InChI=1S/C24H27ClF2N4O3/c25-21-12-18-17(22(28-21)23(26)27)10-16(32)11-19-20(13-31(18)19)29-6-8-30(9-7-29)24(33)34-14-15-4-2-1-3-5-15/h1-5,12,16,19-20,23,32H,6-11,13-14H2/t16?,19-,20+/m0/s1. The predicted molar refractivity (Wildman–Crippen MR) is 123 cm³/mol. The average Bonchev–Trinajstić information content (AvgIpc) is 2.92. The second-order valence-electron chi connectivity index (χ2n) is 9.07. The van der Waals surface area contributed by atoms with Crippen LogP contribution in [0, 0.1) is 0 Å². The molecule has 1 unspecified atom stereocenters. The van der Waals surface area contributed by atoms with E-state index in [-0.39, 0.29) is 42.1 Å². The Morgan fingerprint density at radius 1 is 1.18 bits per heavy atom. The summed E-state index contributed by atoms with van der Waals surface area (Å²) >= 11 is 6.05. The number of rotatable bonds is 4. The molecule has 0 bridgehead atoms. The molecule has 2 aromatic rings. The predicted octanol–water partition coefficient (Wildman–Crippen LogP) is 3.49. The number of carbonyl (C=O) groups excluding carboxylic acids is 1. The summed E-state index contributed by atoms with van der Waals surface area (Å²) in [5, 5.41) is 10.6. The molecule has 182 valence electrons. The van der Waals surface area contributed by atoms with Crippen molar-refractivity contribution in [3.05, 3.63) is 58.4 Å². The third-order valence-electron chi connectivity index (χ3n) is 7.05. The molecule has 5 rings (SSSR count). The molecule has 4 heterocycles. The van der Waals surface area contributed by atoms with Crippen LogP contribution in [-0.4, -0.2) is 76.9 Å². The second-order valence-corrected chi connectivity index (χ2v) is 9.46. The summed E-state index contributed by atoms with van der Waals surface area (Å²) in [6.07, 6.45) is -3.17. The molecule has 7 nitrogen and oxygen atoms in total. The van der Waals surface area contributed by atoms with Crippen molar-refractivity contribution < 1.29 is 23.4 Å². The van der Waals surface area contributed by atoms with Gasteiger partial charge in [0.1, 0.15) is 17.5 Å². The van der Waals surface area contributed by atoms with Gasteiger partial charge in [-0.1, -0.05) is 41.9 Å². The quantitative estimate of drug-likeness (QED) is 0.659. The van der Waals surface area contributed by atoms with E-state index >= 15 is 0 Å². The van der Waals surface area contributed by atoms with E-state index in [1.54, 1.807) is 11.0 Å². The Hall–Kier alpha value is -2.49. The van der Waals surface area contributed by atoms with Crippen molar-refractivity contribution in [3.63, 3.8) is 0 Å². The van der Waals surface area contributed by atoms with Crippen LogP contribution in [0.15, 0.2) is 36.4 Å². The van der Waals surface area contributed by atoms with Crippen LogP contribution in [0.5, 0.6) is 0 Å². The highest BCUT2D eigenvalue weighted by Crippen LogP contribution is 2.42. The van der Waals surface area contributed by atoms with E-state index in [1.165, 1.54) is 0 Å². The summed E-state index contributed by atoms with van der Waals surface area (Å²) < 4.78 is 32.6. The van der Waals surface area contributed by atoms with E-state index in [1.807, 2.05) is 30.3 Å². The zero-order chi connectivity index (χ0) is 23.8. The second kappa shape index (κ2) is 9.64. The number of carbonyl (C=O) groups is 1. The Morgan fingerprint density at radius 3 is 2.62 bits per heavy atom. The van der Waals surface area contributed by atoms with E-state index in [0.717, 1.165) is 5.56 Å². The van der Waals surface area contributed by atoms with Crippen molar-refractivity contribution in [2.75, 3.05) is 37.6 Å². The van der Waals surface area contributed by atoms with Crippen molar-refractivity contribution in [2.45, 2.75) is 44.1 Å². The van der Waals surface area contributed by atoms with Gasteiger partial charge < -0.3 is 19.6 Å². The van der Waals surface area contributed by atoms with Crippen LogP contribution in [0.3, 0.4) is 0 Å². The number of hydrogen-bond donors (Lipinski definition) is 1. The lowest BCUT2D eigenvalue weighted by Gasteiger charge is -2.55. The van der Waals surface area contributed by atoms with Crippen LogP contribution < -0.4 is 4.90 Å². The lowest BCUT2D eigenvalue weighted by molar-refractivity contribution is 0.0345. The molecule has 2 fully saturated rings. The molecule has 0 spiro atoms. The van der Waals surface area contributed by atoms with Gasteiger partial charge in [0.05, 0.1) is 6.10 Å². The molecule has 3 atom stereocenters. The fraction of sp³-hybridized carbons (Fsp3) is 0.500. The normalized spacial score (nSPS) is 24.8. The number of hydrogen-bond acceptors (Lipinski definition) is 6. The molecule has 2 saturated heterocycles. The Kier molecular flexibility index (Phi) is 6.59. The van der Waals surface area contributed by atoms with Crippen LogP contribution in [0.25, 0.3) is 0 Å². The number of amides is 1. The molecule has 1 aromatic heterocycles. The molecule has 3 aliphatic heterocycles. The molecular weight excluding hydrogens is 466 g/mol. The van der Waals surface area contributed by atoms with Crippen LogP contribution in [0.2, 0.25) is 5.15 Å². The maximum absolute atomic E-state index is 13.6. The van der Waals surface area contributed by atoms with Crippen LogP contribution in [0.1, 0.15) is 29.7 Å². The molecule has 0 aliphatic carbocycles. The maximum atomic E-state index is 13.6. The Morgan fingerprint density at radius 2 is 1.91 bits per heavy atom. The van der Waals surface area contributed by atoms with Gasteiger partial charge in [-0.3, -0.25) is 4.90 Å². The number of benzene rings is 1. The number of fused-ring (bicyclic) bond motifs is 3. The van der Waals surface area contributed by atoms with Gasteiger partial charge in [0, 0.05) is 62.5 Å². The zero-order valence-corrected chi connectivity index (χ0v) is 19.4. The molecule has 0 radical (unpaired) electrons. The fourth-order valence-corrected chi connectivity index (χ4v) is 5.48. The van der Waals surface area contributed by atoms with E-state index in [0.29, 0.717) is 50.4 Å². The Balaban J connectivity index is 1.21. The molecule has 0 saturated carbocycles. The molecule has 10 heteroatoms. The first kappa shape index (κ1) is 23.3. The van der Waals surface area contributed by atoms with Gasteiger partial charge in [-0.25, -0.2) is 18.6 Å². The molecule has 3 aliphatic rings. The highest BCUT2D eigenvalue weighted by Gasteiger charge is 2.47. The number of pyridine rings is 1. The number of aliphatic hydroxyl groups is 1. The largest absolute Gasteiger partial charge is 0.445 e. The van der Waals surface area contributed by atoms with E-state index in [4.69, 9.17) is 16.3 Å². The first-order valence-corrected chi connectivity index (χ1v) is 11.9. The summed E-state index contributed by atoms with van der Waals surface area (Å²) in [7, 11) is 0. The Labute approximate surface area is 201 Å². The van der Waals surface area contributed by atoms with Crippen molar-refractivity contribution in [2.24, 2.45) is 0 Å². The number of halogens is 3. The minimum absolute atomic E-state index is 0.00294. The van der Waals surface area contributed by atoms with Gasteiger partial charge in [0.15, 0.2) is 0 Å².